The summed E-state index contributed by atoms with van der Waals surface area (Å²) in [5.41, 5.74) is 2.04. The Labute approximate surface area is 129 Å². The van der Waals surface area contributed by atoms with Crippen LogP contribution in [0, 0.1) is 0 Å². The lowest BCUT2D eigenvalue weighted by atomic mass is 10.2. The SMILES string of the molecule is c1ccc(C2OC[C@@H]3OC(c4ccccc4)O[C@H]3CO2)cc1. The van der Waals surface area contributed by atoms with Crippen LogP contribution in [-0.2, 0) is 18.9 Å². The first kappa shape index (κ1) is 13.9. The average Bonchev–Trinajstić information content (AvgIpc) is 2.90. The first-order valence-electron chi connectivity index (χ1n) is 7.54. The zero-order valence-electron chi connectivity index (χ0n) is 12.1. The van der Waals surface area contributed by atoms with Gasteiger partial charge in [0.15, 0.2) is 12.6 Å². The van der Waals surface area contributed by atoms with Crippen molar-refractivity contribution in [2.45, 2.75) is 24.8 Å². The molecule has 0 saturated carbocycles. The molecule has 0 bridgehead atoms. The van der Waals surface area contributed by atoms with Crippen LogP contribution in [0.5, 0.6) is 0 Å². The fourth-order valence-corrected chi connectivity index (χ4v) is 2.80. The van der Waals surface area contributed by atoms with Crippen molar-refractivity contribution in [2.75, 3.05) is 13.2 Å². The van der Waals surface area contributed by atoms with Crippen LogP contribution >= 0.6 is 0 Å². The quantitative estimate of drug-likeness (QED) is 0.853. The van der Waals surface area contributed by atoms with Gasteiger partial charge in [-0.05, 0) is 0 Å². The molecule has 2 aliphatic rings. The molecule has 114 valence electrons. The van der Waals surface area contributed by atoms with Crippen molar-refractivity contribution < 1.29 is 18.9 Å². The van der Waals surface area contributed by atoms with Gasteiger partial charge in [-0.1, -0.05) is 60.7 Å². The second-order valence-electron chi connectivity index (χ2n) is 5.50. The van der Waals surface area contributed by atoms with E-state index in [0.29, 0.717) is 13.2 Å². The van der Waals surface area contributed by atoms with E-state index in [1.54, 1.807) is 0 Å². The molecule has 0 unspecified atom stereocenters. The van der Waals surface area contributed by atoms with Gasteiger partial charge in [-0.3, -0.25) is 0 Å². The van der Waals surface area contributed by atoms with Crippen LogP contribution in [0.2, 0.25) is 0 Å². The molecule has 0 aromatic heterocycles. The Kier molecular flexibility index (Phi) is 3.91. The smallest absolute Gasteiger partial charge is 0.184 e. The highest BCUT2D eigenvalue weighted by Crippen LogP contribution is 2.35. The molecule has 2 heterocycles. The molecule has 0 amide bonds. The van der Waals surface area contributed by atoms with Crippen LogP contribution in [0.25, 0.3) is 0 Å². The van der Waals surface area contributed by atoms with Gasteiger partial charge in [-0.2, -0.15) is 0 Å². The van der Waals surface area contributed by atoms with E-state index < -0.39 is 0 Å². The predicted octanol–water partition coefficient (Wildman–Crippen LogP) is 3.21. The number of fused-ring (bicyclic) bond motifs is 1. The van der Waals surface area contributed by atoms with Crippen molar-refractivity contribution in [1.82, 2.24) is 0 Å². The molecule has 4 nitrogen and oxygen atoms in total. The van der Waals surface area contributed by atoms with E-state index in [2.05, 4.69) is 0 Å². The molecule has 2 atom stereocenters. The highest BCUT2D eigenvalue weighted by Gasteiger charge is 2.40. The number of hydrogen-bond acceptors (Lipinski definition) is 4. The van der Waals surface area contributed by atoms with Gasteiger partial charge >= 0.3 is 0 Å². The second-order valence-corrected chi connectivity index (χ2v) is 5.50. The van der Waals surface area contributed by atoms with E-state index in [-0.39, 0.29) is 24.8 Å². The number of ether oxygens (including phenoxy) is 4. The standard InChI is InChI=1S/C18H18O4/c1-3-7-13(8-4-1)17-19-11-15-16(12-20-17)22-18(21-15)14-9-5-2-6-10-14/h1-10,15-18H,11-12H2/t15-,16-,17?,18?/m0/s1. The van der Waals surface area contributed by atoms with E-state index in [1.807, 2.05) is 60.7 Å². The third kappa shape index (κ3) is 2.78. The highest BCUT2D eigenvalue weighted by molar-refractivity contribution is 5.18. The Morgan fingerprint density at radius 2 is 1.05 bits per heavy atom. The molecule has 0 spiro atoms. The van der Waals surface area contributed by atoms with Crippen LogP contribution in [0.1, 0.15) is 23.7 Å². The number of rotatable bonds is 2. The van der Waals surface area contributed by atoms with Crippen molar-refractivity contribution in [3.8, 4) is 0 Å². The second kappa shape index (κ2) is 6.18. The fourth-order valence-electron chi connectivity index (χ4n) is 2.80. The third-order valence-corrected chi connectivity index (χ3v) is 3.98. The summed E-state index contributed by atoms with van der Waals surface area (Å²) in [4.78, 5) is 0. The lowest BCUT2D eigenvalue weighted by molar-refractivity contribution is -0.168. The van der Waals surface area contributed by atoms with Crippen molar-refractivity contribution in [1.29, 1.82) is 0 Å². The molecule has 22 heavy (non-hydrogen) atoms. The predicted molar refractivity (Wildman–Crippen MR) is 80.0 cm³/mol. The molecule has 0 radical (unpaired) electrons. The topological polar surface area (TPSA) is 36.9 Å². The molecule has 2 aromatic carbocycles. The van der Waals surface area contributed by atoms with Crippen molar-refractivity contribution in [2.24, 2.45) is 0 Å². The Morgan fingerprint density at radius 3 is 1.55 bits per heavy atom. The number of benzene rings is 2. The average molecular weight is 298 g/mol. The van der Waals surface area contributed by atoms with E-state index in [0.717, 1.165) is 11.1 Å². The van der Waals surface area contributed by atoms with Crippen molar-refractivity contribution >= 4 is 0 Å². The summed E-state index contributed by atoms with van der Waals surface area (Å²) in [7, 11) is 0. The molecular weight excluding hydrogens is 280 g/mol. The monoisotopic (exact) mass is 298 g/mol. The summed E-state index contributed by atoms with van der Waals surface area (Å²) in [6, 6.07) is 19.9. The van der Waals surface area contributed by atoms with Crippen molar-refractivity contribution in [3.63, 3.8) is 0 Å². The minimum absolute atomic E-state index is 0.0982. The summed E-state index contributed by atoms with van der Waals surface area (Å²) < 4.78 is 23.7. The summed E-state index contributed by atoms with van der Waals surface area (Å²) >= 11 is 0. The number of hydrogen-bond donors (Lipinski definition) is 0. The maximum Gasteiger partial charge on any atom is 0.184 e. The van der Waals surface area contributed by atoms with Gasteiger partial charge in [0, 0.05) is 11.1 Å². The Bertz CT molecular complexity index is 547. The zero-order valence-corrected chi connectivity index (χ0v) is 12.1. The maximum atomic E-state index is 5.99. The maximum absolute atomic E-state index is 5.99. The molecule has 2 aliphatic heterocycles. The molecule has 0 aliphatic carbocycles. The Balaban J connectivity index is 1.43. The lowest BCUT2D eigenvalue weighted by Crippen LogP contribution is -2.27. The summed E-state index contributed by atoms with van der Waals surface area (Å²) in [6.07, 6.45) is -0.885. The molecule has 4 rings (SSSR count). The molecule has 0 N–H and O–H groups in total. The lowest BCUT2D eigenvalue weighted by Gasteiger charge is -2.17. The largest absolute Gasteiger partial charge is 0.346 e. The van der Waals surface area contributed by atoms with Crippen LogP contribution in [0.15, 0.2) is 60.7 Å². The van der Waals surface area contributed by atoms with Gasteiger partial charge in [0.25, 0.3) is 0 Å². The van der Waals surface area contributed by atoms with Crippen LogP contribution in [0.3, 0.4) is 0 Å². The molecule has 2 fully saturated rings. The Morgan fingerprint density at radius 1 is 0.591 bits per heavy atom. The molecule has 2 saturated heterocycles. The summed E-state index contributed by atoms with van der Waals surface area (Å²) in [5.74, 6) is 0. The van der Waals surface area contributed by atoms with E-state index in [1.165, 1.54) is 0 Å². The first-order chi connectivity index (χ1) is 10.9. The van der Waals surface area contributed by atoms with Crippen LogP contribution in [-0.4, -0.2) is 25.4 Å². The minimum Gasteiger partial charge on any atom is -0.346 e. The van der Waals surface area contributed by atoms with Gasteiger partial charge in [0.05, 0.1) is 13.2 Å². The summed E-state index contributed by atoms with van der Waals surface area (Å²) in [5, 5.41) is 0. The van der Waals surface area contributed by atoms with E-state index in [4.69, 9.17) is 18.9 Å². The normalized spacial score (nSPS) is 26.5. The van der Waals surface area contributed by atoms with E-state index in [9.17, 15) is 0 Å². The van der Waals surface area contributed by atoms with Gasteiger partial charge in [-0.15, -0.1) is 0 Å². The molecule has 2 aromatic rings. The van der Waals surface area contributed by atoms with Crippen LogP contribution in [0.4, 0.5) is 0 Å². The minimum atomic E-state index is -0.353. The van der Waals surface area contributed by atoms with Gasteiger partial charge in [-0.25, -0.2) is 0 Å². The van der Waals surface area contributed by atoms with Gasteiger partial charge in [0.2, 0.25) is 0 Å². The van der Waals surface area contributed by atoms with Crippen molar-refractivity contribution in [3.05, 3.63) is 71.8 Å². The zero-order chi connectivity index (χ0) is 14.8. The molecule has 4 heteroatoms. The Hall–Kier alpha value is -1.72. The first-order valence-corrected chi connectivity index (χ1v) is 7.54. The summed E-state index contributed by atoms with van der Waals surface area (Å²) in [6.45, 7) is 0.932. The fraction of sp³-hybridized carbons (Fsp3) is 0.333. The van der Waals surface area contributed by atoms with Gasteiger partial charge in [0.1, 0.15) is 12.2 Å². The third-order valence-electron chi connectivity index (χ3n) is 3.98. The highest BCUT2D eigenvalue weighted by atomic mass is 16.8. The van der Waals surface area contributed by atoms with E-state index >= 15 is 0 Å². The molecular formula is C18H18O4. The van der Waals surface area contributed by atoms with Gasteiger partial charge < -0.3 is 18.9 Å². The van der Waals surface area contributed by atoms with Crippen LogP contribution < -0.4 is 0 Å².